The van der Waals surface area contributed by atoms with Gasteiger partial charge in [0.25, 0.3) is 5.69 Å². The smallest absolute Gasteiger partial charge is 0.496 e. The molecule has 3 aromatic heterocycles. The van der Waals surface area contributed by atoms with Crippen molar-refractivity contribution in [3.8, 4) is 52.1 Å². The molecule has 0 saturated carbocycles. The minimum atomic E-state index is -1.10. The van der Waals surface area contributed by atoms with E-state index in [0.29, 0.717) is 88.2 Å². The van der Waals surface area contributed by atoms with Crippen molar-refractivity contribution in [3.63, 3.8) is 0 Å². The van der Waals surface area contributed by atoms with Crippen LogP contribution in [0.2, 0.25) is 5.15 Å². The second-order valence-corrected chi connectivity index (χ2v) is 18.4. The Labute approximate surface area is 445 Å². The van der Waals surface area contributed by atoms with Gasteiger partial charge in [-0.25, -0.2) is 14.6 Å². The van der Waals surface area contributed by atoms with E-state index in [1.54, 1.807) is 44.6 Å². The Morgan fingerprint density at radius 1 is 0.974 bits per heavy atom. The molecule has 1 aliphatic carbocycles. The first-order valence-corrected chi connectivity index (χ1v) is 24.6. The lowest BCUT2D eigenvalue weighted by molar-refractivity contribution is -0.384. The number of halogens is 1. The van der Waals surface area contributed by atoms with Crippen molar-refractivity contribution < 1.29 is 66.7 Å². The molecule has 402 valence electrons. The summed E-state index contributed by atoms with van der Waals surface area (Å²) in [5.74, 6) is 6.03. The number of ether oxygens (including phenoxy) is 10. The number of pyridine rings is 1. The summed E-state index contributed by atoms with van der Waals surface area (Å²) in [5, 5.41) is 15.1. The van der Waals surface area contributed by atoms with Crippen molar-refractivity contribution in [1.82, 2.24) is 29.7 Å². The number of amides is 1. The Hall–Kier alpha value is -8.75. The summed E-state index contributed by atoms with van der Waals surface area (Å²) in [4.78, 5) is 65.2. The number of rotatable bonds is 18. The van der Waals surface area contributed by atoms with Crippen LogP contribution in [0.15, 0.2) is 60.9 Å². The highest BCUT2D eigenvalue weighted by atomic mass is 35.5. The van der Waals surface area contributed by atoms with Gasteiger partial charge >= 0.3 is 18.2 Å². The number of nitro groups is 1. The third kappa shape index (κ3) is 11.1. The van der Waals surface area contributed by atoms with E-state index in [1.807, 2.05) is 24.6 Å². The summed E-state index contributed by atoms with van der Waals surface area (Å²) in [6, 6.07) is 11.9. The van der Waals surface area contributed by atoms with Crippen LogP contribution in [-0.4, -0.2) is 122 Å². The fourth-order valence-electron chi connectivity index (χ4n) is 9.68. The summed E-state index contributed by atoms with van der Waals surface area (Å²) in [7, 11) is 6.21. The van der Waals surface area contributed by atoms with Gasteiger partial charge in [0.15, 0.2) is 23.0 Å². The number of hydrogen-bond acceptors (Lipinski definition) is 20. The van der Waals surface area contributed by atoms with Gasteiger partial charge in [0.2, 0.25) is 18.5 Å². The number of hydrogen-bond donors (Lipinski definition) is 2. The number of carbonyl (C=O) groups is 3. The summed E-state index contributed by atoms with van der Waals surface area (Å²) < 4.78 is 59.3. The number of likely N-dealkylation sites (N-methyl/N-ethyl adjacent to an activating group) is 1. The lowest BCUT2D eigenvalue weighted by Gasteiger charge is -2.38. The maximum Gasteiger partial charge on any atom is 0.514 e. The number of fused-ring (bicyclic) bond motifs is 4. The van der Waals surface area contributed by atoms with Crippen LogP contribution in [0.4, 0.5) is 21.2 Å². The average Bonchev–Trinajstić information content (AvgIpc) is 4.20. The number of methoxy groups -OCH3 is 3. The molecule has 4 atom stereocenters. The minimum Gasteiger partial charge on any atom is -0.496 e. The van der Waals surface area contributed by atoms with Gasteiger partial charge in [0.05, 0.1) is 62.0 Å². The zero-order valence-electron chi connectivity index (χ0n) is 42.7. The Balaban J connectivity index is 0.811. The number of aryl methyl sites for hydroxylation is 1. The maximum absolute atomic E-state index is 13.8. The first-order chi connectivity index (χ1) is 37.2. The Kier molecular flexibility index (Phi) is 15.9. The highest BCUT2D eigenvalue weighted by molar-refractivity contribution is 6.34. The number of cyclic esters (lactones) is 1. The van der Waals surface area contributed by atoms with Crippen molar-refractivity contribution in [2.24, 2.45) is 11.8 Å². The van der Waals surface area contributed by atoms with E-state index in [-0.39, 0.29) is 55.6 Å². The molecule has 0 radical (unpaired) electrons. The van der Waals surface area contributed by atoms with Gasteiger partial charge in [0.1, 0.15) is 41.6 Å². The number of nitrogen functional groups attached to an aromatic ring is 1. The summed E-state index contributed by atoms with van der Waals surface area (Å²) in [6.07, 6.45) is 1.15. The number of nitrogens with two attached hydrogens (primary N) is 1. The molecular formula is C53H53ClN8O15. The van der Waals surface area contributed by atoms with Crippen LogP contribution >= 0.6 is 11.6 Å². The molecule has 0 unspecified atom stereocenters. The second-order valence-electron chi connectivity index (χ2n) is 18.0. The molecular weight excluding hydrogens is 1020 g/mol. The van der Waals surface area contributed by atoms with Gasteiger partial charge < -0.3 is 67.9 Å². The van der Waals surface area contributed by atoms with E-state index < -0.39 is 47.0 Å². The quantitative estimate of drug-likeness (QED) is 0.0127. The topological polar surface area (TPSA) is 272 Å². The van der Waals surface area contributed by atoms with E-state index in [1.165, 1.54) is 43.4 Å². The van der Waals surface area contributed by atoms with Crippen molar-refractivity contribution >= 4 is 52.5 Å². The monoisotopic (exact) mass is 1080 g/mol. The van der Waals surface area contributed by atoms with E-state index >= 15 is 0 Å². The van der Waals surface area contributed by atoms with Crippen LogP contribution in [0.3, 0.4) is 0 Å². The molecule has 24 heteroatoms. The standard InChI is InChI=1S/C53H53ClN8O15/c1-28-23-57-37(29(2)45(28)69-5)25-61-24-30(43-48(54)58-51(55)59-49(43)61)9-7-8-17-72-52(64)60(3)16-14-56-15-18-71-41-20-31(19-40(68-4)47(41)70-6)42-34-21-38-39(75-27-74-38)22-35(34)46(36-26-73-50(63)44(36)42)77-53(65)76-33-12-10-32(11-13-33)62(66)67/h10-13,19-24,36,42,44,46,56H,8,14-18,25-27H2,1-6H3,(H2,55,58,59)/t36-,42+,44+,46-/m0/s1. The fraction of sp³-hybridized carbons (Fsp3) is 0.358. The molecule has 2 aliphatic heterocycles. The van der Waals surface area contributed by atoms with Gasteiger partial charge in [-0.1, -0.05) is 23.4 Å². The Bertz CT molecular complexity index is 3320. The molecule has 6 aromatic rings. The number of anilines is 1. The molecule has 5 heterocycles. The van der Waals surface area contributed by atoms with Crippen LogP contribution in [0.5, 0.6) is 40.2 Å². The van der Waals surface area contributed by atoms with Gasteiger partial charge in [-0.05, 0) is 61.4 Å². The van der Waals surface area contributed by atoms with Crippen molar-refractivity contribution in [2.75, 3.05) is 80.4 Å². The van der Waals surface area contributed by atoms with Gasteiger partial charge in [0, 0.05) is 86.2 Å². The highest BCUT2D eigenvalue weighted by Crippen LogP contribution is 2.56. The first-order valence-electron chi connectivity index (χ1n) is 24.2. The number of nitrogens with zero attached hydrogens (tertiary/aromatic N) is 6. The normalized spacial score (nSPS) is 16.8. The molecule has 23 nitrogen and oxygen atoms in total. The van der Waals surface area contributed by atoms with E-state index in [2.05, 4.69) is 32.1 Å². The van der Waals surface area contributed by atoms with Gasteiger partial charge in [-0.2, -0.15) is 4.98 Å². The van der Waals surface area contributed by atoms with E-state index in [9.17, 15) is 24.5 Å². The molecule has 3 aromatic carbocycles. The zero-order valence-corrected chi connectivity index (χ0v) is 43.5. The molecule has 3 N–H and O–H groups in total. The van der Waals surface area contributed by atoms with Crippen molar-refractivity contribution in [1.29, 1.82) is 0 Å². The number of nitro benzene ring substituents is 1. The van der Waals surface area contributed by atoms with Crippen LogP contribution in [0, 0.1) is 47.6 Å². The first kappa shape index (κ1) is 53.1. The third-order valence-corrected chi connectivity index (χ3v) is 13.6. The van der Waals surface area contributed by atoms with Crippen LogP contribution < -0.4 is 44.2 Å². The molecule has 9 rings (SSSR count). The Morgan fingerprint density at radius 2 is 1.71 bits per heavy atom. The van der Waals surface area contributed by atoms with Gasteiger partial charge in [-0.3, -0.25) is 19.9 Å². The lowest BCUT2D eigenvalue weighted by atomic mass is 9.66. The van der Waals surface area contributed by atoms with E-state index in [4.69, 9.17) is 64.7 Å². The average molecular weight is 1080 g/mol. The van der Waals surface area contributed by atoms with Crippen LogP contribution in [0.1, 0.15) is 57.5 Å². The number of nitrogens with one attached hydrogen (secondary N) is 1. The number of benzene rings is 3. The van der Waals surface area contributed by atoms with Gasteiger partial charge in [-0.15, -0.1) is 0 Å². The second kappa shape index (κ2) is 23.0. The SMILES string of the molecule is COc1cc([C@@H]2c3cc4c(cc3[C@H](OC(=O)Oc3ccc([N+](=O)[O-])cc3)[C@H]3COC(=O)[C@@H]23)OCO4)cc(OCCNCCN(C)C(=O)OCCC#Cc2cn(Cc3ncc(C)c(OC)c3C)c3nc(N)nc(Cl)c23)c1OC. The predicted octanol–water partition coefficient (Wildman–Crippen LogP) is 7.06. The molecule has 3 aliphatic rings. The maximum atomic E-state index is 13.8. The molecule has 0 spiro atoms. The molecule has 0 bridgehead atoms. The summed E-state index contributed by atoms with van der Waals surface area (Å²) >= 11 is 6.55. The lowest BCUT2D eigenvalue weighted by Crippen LogP contribution is -2.37. The third-order valence-electron chi connectivity index (χ3n) is 13.3. The van der Waals surface area contributed by atoms with E-state index in [0.717, 1.165) is 22.6 Å². The minimum absolute atomic E-state index is 0.0184. The largest absolute Gasteiger partial charge is 0.514 e. The van der Waals surface area contributed by atoms with Crippen LogP contribution in [0.25, 0.3) is 11.0 Å². The number of aromatic nitrogens is 4. The zero-order chi connectivity index (χ0) is 54.5. The van der Waals surface area contributed by atoms with Crippen molar-refractivity contribution in [2.45, 2.75) is 38.8 Å². The highest BCUT2D eigenvalue weighted by Gasteiger charge is 2.54. The summed E-state index contributed by atoms with van der Waals surface area (Å²) in [6.45, 7) is 5.39. The summed E-state index contributed by atoms with van der Waals surface area (Å²) in [5.41, 5.74) is 11.2. The molecule has 1 saturated heterocycles. The molecule has 1 fully saturated rings. The fourth-order valence-corrected chi connectivity index (χ4v) is 9.95. The van der Waals surface area contributed by atoms with Crippen molar-refractivity contribution in [3.05, 3.63) is 115 Å². The number of non-ortho nitro benzene ring substituents is 1. The Morgan fingerprint density at radius 3 is 2.44 bits per heavy atom. The molecule has 1 amide bonds. The number of esters is 1. The number of carbonyl (C=O) groups excluding carboxylic acids is 3. The van der Waals surface area contributed by atoms with Crippen LogP contribution in [-0.2, 0) is 25.5 Å². The predicted molar refractivity (Wildman–Crippen MR) is 275 cm³/mol. The molecule has 77 heavy (non-hydrogen) atoms.